The fourth-order valence-electron chi connectivity index (χ4n) is 20.2. The Labute approximate surface area is 480 Å². The number of hydrogen-bond acceptors (Lipinski definition) is 0. The van der Waals surface area contributed by atoms with E-state index in [1.165, 1.54) is 137 Å². The fraction of sp³-hybridized carbons (Fsp3) is 0.455. The molecule has 0 aliphatic heterocycles. The van der Waals surface area contributed by atoms with Crippen LogP contribution in [-0.4, -0.2) is 0 Å². The van der Waals surface area contributed by atoms with Gasteiger partial charge in [-0.3, -0.25) is 0 Å². The quantitative estimate of drug-likeness (QED) is 0.142. The van der Waals surface area contributed by atoms with Gasteiger partial charge < -0.3 is 0 Å². The Bertz CT molecular complexity index is 2640. The zero-order valence-corrected chi connectivity index (χ0v) is 52.1. The molecule has 0 unspecified atom stereocenters. The van der Waals surface area contributed by atoms with Crippen LogP contribution in [0.5, 0.6) is 0 Å². The molecule has 0 nitrogen and oxygen atoms in total. The molecule has 72 heavy (non-hydrogen) atoms. The molecule has 0 N–H and O–H groups in total. The number of halogens is 6. The van der Waals surface area contributed by atoms with Crippen molar-refractivity contribution in [3.63, 3.8) is 0 Å². The van der Waals surface area contributed by atoms with Gasteiger partial charge >= 0.3 is 0 Å². The molecule has 6 fully saturated rings. The highest BCUT2D eigenvalue weighted by Gasteiger charge is 2.68. The maximum absolute atomic E-state index is 3.75. The van der Waals surface area contributed by atoms with Gasteiger partial charge in [-0.2, -0.15) is 0 Å². The first kappa shape index (κ1) is 49.8. The van der Waals surface area contributed by atoms with E-state index in [1.54, 1.807) is 33.4 Å². The first-order valence-electron chi connectivity index (χ1n) is 27.2. The van der Waals surface area contributed by atoms with Gasteiger partial charge in [0.15, 0.2) is 0 Å². The lowest BCUT2D eigenvalue weighted by Gasteiger charge is -2.47. The molecule has 0 radical (unpaired) electrons. The summed E-state index contributed by atoms with van der Waals surface area (Å²) < 4.78 is 7.36. The largest absolute Gasteiger partial charge is 0.0624 e. The first-order valence-corrected chi connectivity index (χ1v) is 31.9. The summed E-state index contributed by atoms with van der Waals surface area (Å²) in [7, 11) is 0. The van der Waals surface area contributed by atoms with E-state index >= 15 is 0 Å². The lowest BCUT2D eigenvalue weighted by atomic mass is 9.55. The summed E-state index contributed by atoms with van der Waals surface area (Å²) >= 11 is 22.5. The molecular weight excluding hydrogens is 1270 g/mol. The Balaban J connectivity index is 0.000000105. The average molecular weight is 1340 g/mol. The molecule has 0 heterocycles. The third kappa shape index (κ3) is 6.90. The summed E-state index contributed by atoms with van der Waals surface area (Å²) in [5.41, 5.74) is 20.5. The second-order valence-electron chi connectivity index (χ2n) is 25.7. The lowest BCUT2D eigenvalue weighted by molar-refractivity contribution is 0.299. The molecule has 0 atom stereocenters. The van der Waals surface area contributed by atoms with Gasteiger partial charge in [0.25, 0.3) is 0 Å². The van der Waals surface area contributed by atoms with E-state index in [0.717, 1.165) is 35.5 Å². The van der Waals surface area contributed by atoms with Crippen LogP contribution in [0.2, 0.25) is 0 Å². The molecule has 0 bridgehead atoms. The molecule has 0 amide bonds. The third-order valence-corrected chi connectivity index (χ3v) is 23.9. The van der Waals surface area contributed by atoms with E-state index in [9.17, 15) is 0 Å². The van der Waals surface area contributed by atoms with Crippen molar-refractivity contribution < 1.29 is 0 Å². The fourth-order valence-corrected chi connectivity index (χ4v) is 22.3. The van der Waals surface area contributed by atoms with Crippen molar-refractivity contribution >= 4 is 95.6 Å². The smallest absolute Gasteiger partial charge is 0.0178 e. The zero-order valence-electron chi connectivity index (χ0n) is 42.6. The van der Waals surface area contributed by atoms with Crippen LogP contribution in [0.4, 0.5) is 0 Å². The van der Waals surface area contributed by atoms with Crippen molar-refractivity contribution in [3.8, 4) is 33.4 Å². The van der Waals surface area contributed by atoms with Gasteiger partial charge in [-0.15, -0.1) is 0 Å². The second kappa shape index (κ2) is 17.4. The Morgan fingerprint density at radius 2 is 0.361 bits per heavy atom. The van der Waals surface area contributed by atoms with E-state index in [-0.39, 0.29) is 0 Å². The standard InChI is InChI=1S/3C22H22Br2/c3*1-13-9-21-11-14(2)12-22(21,10-13)20-8-16(24)4-6-18(20)17-5-3-15(23)7-19(17)21/h3*3-8,13-14H,9-12H2,1-2H3. The van der Waals surface area contributed by atoms with Crippen molar-refractivity contribution in [2.75, 3.05) is 0 Å². The second-order valence-corrected chi connectivity index (χ2v) is 31.2. The predicted octanol–water partition coefficient (Wildman–Crippen LogP) is 21.7. The van der Waals surface area contributed by atoms with Gasteiger partial charge in [0.2, 0.25) is 0 Å². The van der Waals surface area contributed by atoms with Gasteiger partial charge in [0, 0.05) is 59.3 Å². The Morgan fingerprint density at radius 1 is 0.236 bits per heavy atom. The number of fused-ring (bicyclic) bond motifs is 9. The van der Waals surface area contributed by atoms with E-state index in [2.05, 4.69) is 246 Å². The van der Waals surface area contributed by atoms with E-state index in [0.29, 0.717) is 32.5 Å². The molecule has 6 aromatic rings. The molecule has 0 aromatic heterocycles. The van der Waals surface area contributed by atoms with Crippen LogP contribution in [0.25, 0.3) is 33.4 Å². The van der Waals surface area contributed by atoms with Crippen molar-refractivity contribution in [1.29, 1.82) is 0 Å². The summed E-state index contributed by atoms with van der Waals surface area (Å²) in [6, 6.07) is 42.0. The van der Waals surface area contributed by atoms with Crippen LogP contribution < -0.4 is 0 Å². The van der Waals surface area contributed by atoms with Crippen molar-refractivity contribution in [1.82, 2.24) is 0 Å². The summed E-state index contributed by atoms with van der Waals surface area (Å²) in [5, 5.41) is 0. The lowest BCUT2D eigenvalue weighted by Crippen LogP contribution is -2.43. The average Bonchev–Trinajstić information content (AvgIpc) is 4.10. The first-order chi connectivity index (χ1) is 34.3. The highest BCUT2D eigenvalue weighted by molar-refractivity contribution is 9.11. The van der Waals surface area contributed by atoms with Gasteiger partial charge in [-0.25, -0.2) is 0 Å². The minimum atomic E-state index is 0.332. The van der Waals surface area contributed by atoms with Gasteiger partial charge in [0.1, 0.15) is 0 Å². The molecule has 0 spiro atoms. The van der Waals surface area contributed by atoms with Crippen molar-refractivity contribution in [2.24, 2.45) is 35.5 Å². The normalized spacial score (nSPS) is 36.0. The predicted molar refractivity (Wildman–Crippen MR) is 322 cm³/mol. The molecule has 372 valence electrons. The van der Waals surface area contributed by atoms with Crippen LogP contribution in [0.15, 0.2) is 136 Å². The minimum Gasteiger partial charge on any atom is -0.0624 e. The SMILES string of the molecule is CC1CC23CC(C)CC2(C1)c1cc(Br)ccc1-c1ccc(Br)cc13.CC1CC23CC(C)CC2(C1)c1cc(Br)ccc1-c1ccc(Br)cc13.CC1CC23CC(C)CC2(C1)c1cc(Br)ccc1-c1ccc(Br)cc13. The molecule has 6 heteroatoms. The highest BCUT2D eigenvalue weighted by atomic mass is 79.9. The monoisotopic (exact) mass is 1330 g/mol. The molecule has 6 saturated carbocycles. The van der Waals surface area contributed by atoms with Crippen LogP contribution in [0.1, 0.15) is 152 Å². The zero-order chi connectivity index (χ0) is 50.1. The summed E-state index contributed by atoms with van der Waals surface area (Å²) in [4.78, 5) is 0. The maximum atomic E-state index is 3.75. The van der Waals surface area contributed by atoms with Crippen molar-refractivity contribution in [3.05, 3.63) is 169 Å². The summed E-state index contributed by atoms with van der Waals surface area (Å²) in [6.07, 6.45) is 16.1. The van der Waals surface area contributed by atoms with Crippen LogP contribution in [-0.2, 0) is 32.5 Å². The third-order valence-electron chi connectivity index (χ3n) is 21.0. The topological polar surface area (TPSA) is 0 Å². The maximum Gasteiger partial charge on any atom is 0.0178 e. The van der Waals surface area contributed by atoms with Crippen LogP contribution in [0.3, 0.4) is 0 Å². The summed E-state index contributed by atoms with van der Waals surface area (Å²) in [5.74, 6) is 4.80. The van der Waals surface area contributed by atoms with Gasteiger partial charge in [-0.1, -0.05) is 174 Å². The van der Waals surface area contributed by atoms with E-state index in [1.807, 2.05) is 0 Å². The Hall–Kier alpha value is -1.80. The number of rotatable bonds is 0. The molecule has 6 aromatic carbocycles. The van der Waals surface area contributed by atoms with Crippen molar-refractivity contribution in [2.45, 2.75) is 151 Å². The highest BCUT2D eigenvalue weighted by Crippen LogP contribution is 2.75. The molecular formula is C66H66Br6. The van der Waals surface area contributed by atoms with Crippen LogP contribution >= 0.6 is 95.6 Å². The molecule has 15 rings (SSSR count). The van der Waals surface area contributed by atoms with E-state index < -0.39 is 0 Å². The molecule has 0 saturated heterocycles. The minimum absolute atomic E-state index is 0.332. The van der Waals surface area contributed by atoms with Crippen LogP contribution in [0, 0.1) is 35.5 Å². The Morgan fingerprint density at radius 3 is 0.486 bits per heavy atom. The van der Waals surface area contributed by atoms with Gasteiger partial charge in [-0.05, 0) is 252 Å². The number of benzene rings is 6. The summed E-state index contributed by atoms with van der Waals surface area (Å²) in [6.45, 7) is 14.8. The number of hydrogen-bond donors (Lipinski definition) is 0. The van der Waals surface area contributed by atoms with E-state index in [4.69, 9.17) is 0 Å². The van der Waals surface area contributed by atoms with Gasteiger partial charge in [0.05, 0.1) is 0 Å². The Kier molecular flexibility index (Phi) is 12.0. The molecule has 9 aliphatic rings. The molecule has 9 aliphatic carbocycles.